The SMILES string of the molecule is Cc1nc(-c2ccccc2)c(C=CC(=O)NS(=O)(=O)c2ccccc2)n1Cc1ccc(Cl)cc1Cl. The first-order valence-electron chi connectivity index (χ1n) is 10.6. The summed E-state index contributed by atoms with van der Waals surface area (Å²) in [5.74, 6) is -0.0744. The Labute approximate surface area is 213 Å². The minimum atomic E-state index is -3.99. The third-order valence-corrected chi connectivity index (χ3v) is 7.22. The summed E-state index contributed by atoms with van der Waals surface area (Å²) in [6.07, 6.45) is 2.74. The molecule has 0 aliphatic rings. The zero-order valence-electron chi connectivity index (χ0n) is 18.7. The Bertz CT molecular complexity index is 1500. The Morgan fingerprint density at radius 3 is 2.31 bits per heavy atom. The van der Waals surface area contributed by atoms with Crippen LogP contribution in [0.2, 0.25) is 10.0 Å². The lowest BCUT2D eigenvalue weighted by atomic mass is 10.1. The maximum Gasteiger partial charge on any atom is 0.264 e. The molecule has 1 aromatic heterocycles. The van der Waals surface area contributed by atoms with Crippen LogP contribution in [-0.2, 0) is 21.4 Å². The summed E-state index contributed by atoms with van der Waals surface area (Å²) in [6.45, 7) is 2.23. The van der Waals surface area contributed by atoms with E-state index >= 15 is 0 Å². The normalized spacial score (nSPS) is 11.6. The van der Waals surface area contributed by atoms with Gasteiger partial charge in [-0.2, -0.15) is 0 Å². The van der Waals surface area contributed by atoms with E-state index in [0.717, 1.165) is 11.1 Å². The molecule has 1 N–H and O–H groups in total. The second kappa shape index (κ2) is 10.5. The van der Waals surface area contributed by atoms with Crippen LogP contribution in [0.15, 0.2) is 89.8 Å². The van der Waals surface area contributed by atoms with Gasteiger partial charge in [0.15, 0.2) is 0 Å². The molecule has 0 aliphatic heterocycles. The number of amides is 1. The highest BCUT2D eigenvalue weighted by Crippen LogP contribution is 2.28. The number of sulfonamides is 1. The summed E-state index contributed by atoms with van der Waals surface area (Å²) in [5.41, 5.74) is 2.96. The number of aromatic nitrogens is 2. The van der Waals surface area contributed by atoms with E-state index in [0.29, 0.717) is 33.8 Å². The zero-order valence-corrected chi connectivity index (χ0v) is 21.0. The monoisotopic (exact) mass is 525 g/mol. The molecule has 35 heavy (non-hydrogen) atoms. The molecule has 4 aromatic rings. The average molecular weight is 526 g/mol. The highest BCUT2D eigenvalue weighted by molar-refractivity contribution is 7.90. The van der Waals surface area contributed by atoms with E-state index in [9.17, 15) is 13.2 Å². The number of hydrogen-bond donors (Lipinski definition) is 1. The number of hydrogen-bond acceptors (Lipinski definition) is 4. The van der Waals surface area contributed by atoms with Gasteiger partial charge in [-0.25, -0.2) is 18.1 Å². The van der Waals surface area contributed by atoms with Gasteiger partial charge < -0.3 is 4.57 Å². The Morgan fingerprint density at radius 1 is 1.00 bits per heavy atom. The lowest BCUT2D eigenvalue weighted by Crippen LogP contribution is -2.28. The third kappa shape index (κ3) is 5.82. The van der Waals surface area contributed by atoms with Gasteiger partial charge in [0.25, 0.3) is 15.9 Å². The molecule has 0 radical (unpaired) electrons. The number of nitrogens with one attached hydrogen (secondary N) is 1. The van der Waals surface area contributed by atoms with Gasteiger partial charge in [0.1, 0.15) is 5.82 Å². The molecule has 0 saturated carbocycles. The van der Waals surface area contributed by atoms with Gasteiger partial charge in [0, 0.05) is 21.7 Å². The van der Waals surface area contributed by atoms with Crippen molar-refractivity contribution in [3.05, 3.63) is 112 Å². The number of halogens is 2. The molecular weight excluding hydrogens is 505 g/mol. The molecule has 1 heterocycles. The van der Waals surface area contributed by atoms with Gasteiger partial charge in [-0.3, -0.25) is 4.79 Å². The van der Waals surface area contributed by atoms with Crippen molar-refractivity contribution in [1.82, 2.24) is 14.3 Å². The van der Waals surface area contributed by atoms with Crippen molar-refractivity contribution < 1.29 is 13.2 Å². The van der Waals surface area contributed by atoms with Crippen LogP contribution in [0.5, 0.6) is 0 Å². The highest BCUT2D eigenvalue weighted by atomic mass is 35.5. The van der Waals surface area contributed by atoms with Gasteiger partial charge >= 0.3 is 0 Å². The van der Waals surface area contributed by atoms with Crippen LogP contribution in [-0.4, -0.2) is 23.9 Å². The molecule has 4 rings (SSSR count). The summed E-state index contributed by atoms with van der Waals surface area (Å²) < 4.78 is 29.0. The van der Waals surface area contributed by atoms with Crippen LogP contribution in [0.3, 0.4) is 0 Å². The van der Waals surface area contributed by atoms with Gasteiger partial charge in [0.05, 0.1) is 22.8 Å². The van der Waals surface area contributed by atoms with Gasteiger partial charge in [-0.1, -0.05) is 77.8 Å². The lowest BCUT2D eigenvalue weighted by Gasteiger charge is -2.11. The lowest BCUT2D eigenvalue weighted by molar-refractivity contribution is -0.114. The molecule has 0 unspecified atom stereocenters. The molecule has 0 fully saturated rings. The van der Waals surface area contributed by atoms with Gasteiger partial charge in [-0.15, -0.1) is 0 Å². The average Bonchev–Trinajstić information content (AvgIpc) is 3.15. The van der Waals surface area contributed by atoms with Crippen LogP contribution in [0.1, 0.15) is 17.1 Å². The van der Waals surface area contributed by atoms with E-state index in [2.05, 4.69) is 4.72 Å². The van der Waals surface area contributed by atoms with Crippen molar-refractivity contribution in [2.45, 2.75) is 18.4 Å². The fourth-order valence-electron chi connectivity index (χ4n) is 3.56. The molecule has 0 saturated heterocycles. The van der Waals surface area contributed by atoms with Gasteiger partial charge in [-0.05, 0) is 42.8 Å². The minimum Gasteiger partial charge on any atom is -0.324 e. The standard InChI is InChI=1S/C26H21Cl2N3O3S/c1-18-29-26(19-8-4-2-5-9-19)24(31(18)17-20-12-13-21(27)16-23(20)28)14-15-25(32)30-35(33,34)22-10-6-3-7-11-22/h2-16H,17H2,1H3,(H,30,32). The summed E-state index contributed by atoms with van der Waals surface area (Å²) in [6, 6.07) is 22.5. The molecule has 0 bridgehead atoms. The molecule has 1 amide bonds. The fourth-order valence-corrected chi connectivity index (χ4v) is 4.99. The first kappa shape index (κ1) is 24.7. The third-order valence-electron chi connectivity index (χ3n) is 5.27. The number of benzene rings is 3. The van der Waals surface area contributed by atoms with E-state index in [1.165, 1.54) is 18.2 Å². The Balaban J connectivity index is 1.70. The van der Waals surface area contributed by atoms with Crippen molar-refractivity contribution in [3.63, 3.8) is 0 Å². The van der Waals surface area contributed by atoms with Crippen LogP contribution in [0, 0.1) is 6.92 Å². The van der Waals surface area contributed by atoms with E-state index in [-0.39, 0.29) is 4.90 Å². The maximum atomic E-state index is 12.6. The predicted molar refractivity (Wildman–Crippen MR) is 139 cm³/mol. The highest BCUT2D eigenvalue weighted by Gasteiger charge is 2.18. The summed E-state index contributed by atoms with van der Waals surface area (Å²) >= 11 is 12.4. The first-order valence-corrected chi connectivity index (χ1v) is 12.8. The van der Waals surface area contributed by atoms with Crippen molar-refractivity contribution in [2.75, 3.05) is 0 Å². The molecule has 0 spiro atoms. The van der Waals surface area contributed by atoms with Gasteiger partial charge in [0.2, 0.25) is 0 Å². The van der Waals surface area contributed by atoms with Crippen molar-refractivity contribution in [2.24, 2.45) is 0 Å². The number of carbonyl (C=O) groups excluding carboxylic acids is 1. The minimum absolute atomic E-state index is 0.00462. The number of nitrogens with zero attached hydrogens (tertiary/aromatic N) is 2. The molecule has 3 aromatic carbocycles. The summed E-state index contributed by atoms with van der Waals surface area (Å²) in [4.78, 5) is 17.3. The predicted octanol–water partition coefficient (Wildman–Crippen LogP) is 5.73. The fraction of sp³-hybridized carbons (Fsp3) is 0.0769. The first-order chi connectivity index (χ1) is 16.7. The Morgan fingerprint density at radius 2 is 1.66 bits per heavy atom. The molecule has 6 nitrogen and oxygen atoms in total. The number of imidazole rings is 1. The van der Waals surface area contributed by atoms with Crippen molar-refractivity contribution >= 4 is 45.2 Å². The quantitative estimate of drug-likeness (QED) is 0.312. The largest absolute Gasteiger partial charge is 0.324 e. The molecular formula is C26H21Cl2N3O3S. The van der Waals surface area contributed by atoms with E-state index in [1.54, 1.807) is 36.4 Å². The smallest absolute Gasteiger partial charge is 0.264 e. The second-order valence-corrected chi connectivity index (χ2v) is 10.2. The van der Waals surface area contributed by atoms with Crippen molar-refractivity contribution in [1.29, 1.82) is 0 Å². The zero-order chi connectivity index (χ0) is 25.0. The second-order valence-electron chi connectivity index (χ2n) is 7.70. The number of carbonyl (C=O) groups is 1. The van der Waals surface area contributed by atoms with Crippen molar-refractivity contribution in [3.8, 4) is 11.3 Å². The number of aryl methyl sites for hydroxylation is 1. The van der Waals surface area contributed by atoms with E-state index in [4.69, 9.17) is 28.2 Å². The number of rotatable bonds is 7. The summed E-state index contributed by atoms with van der Waals surface area (Å²) in [7, 11) is -3.99. The molecule has 178 valence electrons. The topological polar surface area (TPSA) is 81.1 Å². The summed E-state index contributed by atoms with van der Waals surface area (Å²) in [5, 5.41) is 1.04. The molecule has 0 atom stereocenters. The Hall–Kier alpha value is -3.39. The molecule has 0 aliphatic carbocycles. The van der Waals surface area contributed by atoms with Crippen LogP contribution in [0.25, 0.3) is 17.3 Å². The van der Waals surface area contributed by atoms with Crippen LogP contribution < -0.4 is 4.72 Å². The van der Waals surface area contributed by atoms with E-state index in [1.807, 2.05) is 47.9 Å². The van der Waals surface area contributed by atoms with Crippen LogP contribution >= 0.6 is 23.2 Å². The van der Waals surface area contributed by atoms with E-state index < -0.39 is 15.9 Å². The van der Waals surface area contributed by atoms with Crippen LogP contribution in [0.4, 0.5) is 0 Å². The molecule has 9 heteroatoms. The maximum absolute atomic E-state index is 12.6. The Kier molecular flexibility index (Phi) is 7.40.